The van der Waals surface area contributed by atoms with Gasteiger partial charge in [-0.05, 0) is 31.9 Å². The Balaban J connectivity index is 0.00000200. The summed E-state index contributed by atoms with van der Waals surface area (Å²) in [6, 6.07) is 13.1. The van der Waals surface area contributed by atoms with Gasteiger partial charge in [0.05, 0.1) is 0 Å². The Kier molecular flexibility index (Phi) is 6.18. The Labute approximate surface area is 134 Å². The molecule has 0 heterocycles. The average Bonchev–Trinajstić information content (AvgIpc) is 2.37. The zero-order valence-electron chi connectivity index (χ0n) is 13.3. The molecule has 0 aliphatic carbocycles. The molecule has 0 aliphatic heterocycles. The van der Waals surface area contributed by atoms with Crippen LogP contribution in [-0.4, -0.2) is 10.4 Å². The van der Waals surface area contributed by atoms with Gasteiger partial charge in [0, 0.05) is 10.9 Å². The molecule has 0 aliphatic rings. The van der Waals surface area contributed by atoms with Crippen molar-refractivity contribution in [1.29, 1.82) is 0 Å². The number of hydrogen-bond donors (Lipinski definition) is 1. The zero-order valence-corrected chi connectivity index (χ0v) is 13.2. The van der Waals surface area contributed by atoms with Crippen LogP contribution in [0.15, 0.2) is 42.5 Å². The molecule has 1 unspecified atom stereocenters. The Morgan fingerprint density at radius 2 is 1.55 bits per heavy atom. The first-order valence-electron chi connectivity index (χ1n) is 6.17. The van der Waals surface area contributed by atoms with E-state index >= 15 is 0 Å². The molecule has 2 aromatic rings. The molecule has 4 heteroatoms. The van der Waals surface area contributed by atoms with Crippen LogP contribution in [0, 0.1) is 20.8 Å². The molecule has 2 nitrogen and oxygen atoms in total. The van der Waals surface area contributed by atoms with Gasteiger partial charge in [-0.25, -0.2) is 0 Å². The second-order valence-electron chi connectivity index (χ2n) is 4.73. The Hall–Kier alpha value is -0.903. The monoisotopic (exact) mass is 280 g/mol. The van der Waals surface area contributed by atoms with E-state index in [1.165, 1.54) is 0 Å². The molecule has 0 bridgehead atoms. The van der Waals surface area contributed by atoms with Gasteiger partial charge in [-0.3, -0.25) is 4.79 Å². The second-order valence-corrected chi connectivity index (χ2v) is 6.27. The van der Waals surface area contributed by atoms with E-state index in [0.717, 1.165) is 16.7 Å². The van der Waals surface area contributed by atoms with Crippen molar-refractivity contribution in [2.75, 3.05) is 0 Å². The van der Waals surface area contributed by atoms with Gasteiger partial charge >= 0.3 is 18.9 Å². The molecule has 0 amide bonds. The van der Waals surface area contributed by atoms with E-state index in [1.54, 1.807) is 12.1 Å². The van der Waals surface area contributed by atoms with Crippen molar-refractivity contribution in [2.45, 2.75) is 20.8 Å². The SMILES string of the molecule is Cc1cc(C)c(C(=O)P(O)c2ccccc2)c(C)c1.[H-].[Li+]. The summed E-state index contributed by atoms with van der Waals surface area (Å²) in [6.07, 6.45) is 0. The number of benzene rings is 2. The summed E-state index contributed by atoms with van der Waals surface area (Å²) in [7, 11) is -1.79. The predicted octanol–water partition coefficient (Wildman–Crippen LogP) is 0.583. The van der Waals surface area contributed by atoms with Crippen molar-refractivity contribution in [2.24, 2.45) is 0 Å². The predicted molar refractivity (Wildman–Crippen MR) is 81.3 cm³/mol. The molecule has 1 N–H and O–H groups in total. The van der Waals surface area contributed by atoms with E-state index < -0.39 is 8.15 Å². The fourth-order valence-corrected chi connectivity index (χ4v) is 3.56. The Morgan fingerprint density at radius 1 is 1.05 bits per heavy atom. The van der Waals surface area contributed by atoms with E-state index in [1.807, 2.05) is 51.1 Å². The third-order valence-corrected chi connectivity index (χ3v) is 4.48. The van der Waals surface area contributed by atoms with Crippen molar-refractivity contribution in [1.82, 2.24) is 0 Å². The van der Waals surface area contributed by atoms with Crippen LogP contribution in [0.3, 0.4) is 0 Å². The molecule has 2 aromatic carbocycles. The number of aryl methyl sites for hydroxylation is 3. The fourth-order valence-electron chi connectivity index (χ4n) is 2.31. The summed E-state index contributed by atoms with van der Waals surface area (Å²) in [4.78, 5) is 22.8. The van der Waals surface area contributed by atoms with Crippen LogP contribution in [0.5, 0.6) is 0 Å². The van der Waals surface area contributed by atoms with Crippen molar-refractivity contribution < 1.29 is 30.0 Å². The first kappa shape index (κ1) is 17.1. The van der Waals surface area contributed by atoms with Crippen molar-refractivity contribution in [3.63, 3.8) is 0 Å². The normalized spacial score (nSPS) is 11.6. The van der Waals surface area contributed by atoms with Crippen LogP contribution in [0.4, 0.5) is 0 Å². The maximum atomic E-state index is 12.5. The minimum absolute atomic E-state index is 0. The van der Waals surface area contributed by atoms with Gasteiger partial charge < -0.3 is 6.32 Å². The Bertz CT molecular complexity index is 594. The van der Waals surface area contributed by atoms with Crippen LogP contribution in [0.25, 0.3) is 0 Å². The molecular weight excluding hydrogens is 262 g/mol. The minimum Gasteiger partial charge on any atom is -1.00 e. The van der Waals surface area contributed by atoms with Gasteiger partial charge in [0.25, 0.3) is 0 Å². The van der Waals surface area contributed by atoms with E-state index in [4.69, 9.17) is 0 Å². The standard InChI is InChI=1S/C16H17O2P.Li.H/c1-11-9-12(2)15(13(3)10-11)16(17)19(18)14-7-5-4-6-8-14;;/h4-10,18H,1-3H3;;/q;+1;-1. The van der Waals surface area contributed by atoms with E-state index in [2.05, 4.69) is 0 Å². The maximum Gasteiger partial charge on any atom is 1.00 e. The van der Waals surface area contributed by atoms with Gasteiger partial charge in [-0.2, -0.15) is 0 Å². The molecular formula is C16H18LiO2P. The molecule has 0 spiro atoms. The first-order chi connectivity index (χ1) is 9.00. The summed E-state index contributed by atoms with van der Waals surface area (Å²) in [6.45, 7) is 5.84. The average molecular weight is 280 g/mol. The number of rotatable bonds is 3. The zero-order chi connectivity index (χ0) is 14.0. The van der Waals surface area contributed by atoms with Crippen LogP contribution in [0.1, 0.15) is 28.5 Å². The largest absolute Gasteiger partial charge is 1.00 e. The number of carbonyl (C=O) groups is 1. The molecule has 2 rings (SSSR count). The molecule has 100 valence electrons. The topological polar surface area (TPSA) is 37.3 Å². The van der Waals surface area contributed by atoms with Crippen molar-refractivity contribution >= 4 is 19.0 Å². The summed E-state index contributed by atoms with van der Waals surface area (Å²) < 4.78 is 0. The fraction of sp³-hybridized carbons (Fsp3) is 0.188. The van der Waals surface area contributed by atoms with Crippen LogP contribution in [0.2, 0.25) is 0 Å². The summed E-state index contributed by atoms with van der Waals surface area (Å²) in [5.41, 5.74) is 3.48. The minimum atomic E-state index is -1.79. The van der Waals surface area contributed by atoms with Gasteiger partial charge in [0.1, 0.15) is 8.15 Å². The third kappa shape index (κ3) is 3.60. The summed E-state index contributed by atoms with van der Waals surface area (Å²) in [5.74, 6) is 0. The van der Waals surface area contributed by atoms with Gasteiger partial charge in [0.2, 0.25) is 5.52 Å². The quantitative estimate of drug-likeness (QED) is 0.660. The number of carbonyl (C=O) groups excluding carboxylic acids is 1. The van der Waals surface area contributed by atoms with Gasteiger partial charge in [-0.1, -0.05) is 48.0 Å². The smallest absolute Gasteiger partial charge is 1.00 e. The van der Waals surface area contributed by atoms with E-state index in [-0.39, 0.29) is 25.8 Å². The molecule has 0 saturated heterocycles. The van der Waals surface area contributed by atoms with Crippen LogP contribution in [-0.2, 0) is 0 Å². The molecule has 0 radical (unpaired) electrons. The maximum absolute atomic E-state index is 12.5. The van der Waals surface area contributed by atoms with Crippen molar-refractivity contribution in [3.05, 3.63) is 64.7 Å². The van der Waals surface area contributed by atoms with Crippen LogP contribution < -0.4 is 24.2 Å². The molecule has 0 fully saturated rings. The second kappa shape index (κ2) is 7.20. The Morgan fingerprint density at radius 3 is 2.05 bits per heavy atom. The van der Waals surface area contributed by atoms with E-state index in [0.29, 0.717) is 10.9 Å². The van der Waals surface area contributed by atoms with Crippen molar-refractivity contribution in [3.8, 4) is 0 Å². The molecule has 20 heavy (non-hydrogen) atoms. The summed E-state index contributed by atoms with van der Waals surface area (Å²) >= 11 is 0. The third-order valence-electron chi connectivity index (χ3n) is 3.08. The molecule has 1 atom stereocenters. The number of hydrogen-bond acceptors (Lipinski definition) is 2. The van der Waals surface area contributed by atoms with Gasteiger partial charge in [-0.15, -0.1) is 0 Å². The molecule has 0 saturated carbocycles. The first-order valence-corrected chi connectivity index (χ1v) is 7.46. The van der Waals surface area contributed by atoms with E-state index in [9.17, 15) is 9.69 Å². The molecule has 0 aromatic heterocycles. The van der Waals surface area contributed by atoms with Gasteiger partial charge in [0.15, 0.2) is 0 Å². The summed E-state index contributed by atoms with van der Waals surface area (Å²) in [5, 5.41) is 0.696. The van der Waals surface area contributed by atoms with Crippen LogP contribution >= 0.6 is 8.15 Å².